The Labute approximate surface area is 122 Å². The Morgan fingerprint density at radius 1 is 1.14 bits per heavy atom. The van der Waals surface area contributed by atoms with Gasteiger partial charge >= 0.3 is 0 Å². The van der Waals surface area contributed by atoms with E-state index in [9.17, 15) is 8.78 Å². The van der Waals surface area contributed by atoms with Crippen molar-refractivity contribution in [2.45, 2.75) is 26.7 Å². The second-order valence-electron chi connectivity index (χ2n) is 4.72. The number of hydrogen-bond acceptors (Lipinski definition) is 4. The zero-order chi connectivity index (χ0) is 15.2. The van der Waals surface area contributed by atoms with E-state index in [2.05, 4.69) is 27.5 Å². The predicted octanol–water partition coefficient (Wildman–Crippen LogP) is 4.02. The zero-order valence-electron chi connectivity index (χ0n) is 12.1. The molecule has 21 heavy (non-hydrogen) atoms. The number of anilines is 3. The van der Waals surface area contributed by atoms with Crippen LogP contribution in [-0.4, -0.2) is 16.5 Å². The van der Waals surface area contributed by atoms with Gasteiger partial charge in [0.05, 0.1) is 0 Å². The fourth-order valence-corrected chi connectivity index (χ4v) is 1.84. The summed E-state index contributed by atoms with van der Waals surface area (Å²) < 4.78 is 27.2. The lowest BCUT2D eigenvalue weighted by molar-refractivity contribution is 0.590. The summed E-state index contributed by atoms with van der Waals surface area (Å²) in [5.74, 6) is -0.561. The molecule has 0 unspecified atom stereocenters. The van der Waals surface area contributed by atoms with Gasteiger partial charge in [-0.3, -0.25) is 0 Å². The van der Waals surface area contributed by atoms with Crippen LogP contribution < -0.4 is 10.6 Å². The molecule has 1 aromatic heterocycles. The largest absolute Gasteiger partial charge is 0.370 e. The van der Waals surface area contributed by atoms with Gasteiger partial charge in [0.25, 0.3) is 0 Å². The van der Waals surface area contributed by atoms with E-state index < -0.39 is 11.6 Å². The number of halogens is 2. The molecule has 1 heterocycles. The van der Waals surface area contributed by atoms with Gasteiger partial charge in [0.2, 0.25) is 5.95 Å². The normalized spacial score (nSPS) is 10.5. The zero-order valence-corrected chi connectivity index (χ0v) is 12.1. The van der Waals surface area contributed by atoms with Crippen LogP contribution in [0.5, 0.6) is 0 Å². The topological polar surface area (TPSA) is 49.8 Å². The lowest BCUT2D eigenvalue weighted by Gasteiger charge is -2.10. The first-order valence-corrected chi connectivity index (χ1v) is 6.90. The highest BCUT2D eigenvalue weighted by Crippen LogP contribution is 2.22. The minimum absolute atomic E-state index is 0.165. The maximum Gasteiger partial charge on any atom is 0.229 e. The summed E-state index contributed by atoms with van der Waals surface area (Å²) in [5, 5.41) is 5.76. The van der Waals surface area contributed by atoms with Gasteiger partial charge in [-0.05, 0) is 25.5 Å². The van der Waals surface area contributed by atoms with E-state index in [1.807, 2.05) is 0 Å². The van der Waals surface area contributed by atoms with Gasteiger partial charge in [-0.25, -0.2) is 13.8 Å². The van der Waals surface area contributed by atoms with E-state index in [1.54, 1.807) is 13.0 Å². The monoisotopic (exact) mass is 292 g/mol. The molecule has 4 nitrogen and oxygen atoms in total. The third-order valence-corrected chi connectivity index (χ3v) is 2.89. The van der Waals surface area contributed by atoms with Crippen molar-refractivity contribution in [2.24, 2.45) is 0 Å². The molecule has 0 radical (unpaired) electrons. The number of para-hydroxylation sites is 1. The van der Waals surface area contributed by atoms with Crippen LogP contribution in [0.2, 0.25) is 0 Å². The van der Waals surface area contributed by atoms with Crippen LogP contribution in [0.4, 0.5) is 26.2 Å². The number of nitrogens with zero attached hydrogens (tertiary/aromatic N) is 2. The highest BCUT2D eigenvalue weighted by Gasteiger charge is 2.10. The van der Waals surface area contributed by atoms with Crippen LogP contribution >= 0.6 is 0 Å². The van der Waals surface area contributed by atoms with Crippen molar-refractivity contribution < 1.29 is 8.78 Å². The van der Waals surface area contributed by atoms with Gasteiger partial charge in [-0.2, -0.15) is 4.98 Å². The maximum absolute atomic E-state index is 13.6. The smallest absolute Gasteiger partial charge is 0.229 e. The predicted molar refractivity (Wildman–Crippen MR) is 79.8 cm³/mol. The second kappa shape index (κ2) is 6.97. The molecule has 1 aromatic carbocycles. The first kappa shape index (κ1) is 15.2. The Morgan fingerprint density at radius 2 is 1.86 bits per heavy atom. The SMILES string of the molecule is CCCCNc1cc(C)nc(Nc2c(F)cccc2F)n1. The molecule has 0 fully saturated rings. The molecular weight excluding hydrogens is 274 g/mol. The summed E-state index contributed by atoms with van der Waals surface area (Å²) in [6, 6.07) is 5.46. The molecule has 2 rings (SSSR count). The summed E-state index contributed by atoms with van der Waals surface area (Å²) in [6.07, 6.45) is 2.09. The summed E-state index contributed by atoms with van der Waals surface area (Å²) in [4.78, 5) is 8.36. The van der Waals surface area contributed by atoms with Crippen LogP contribution in [0.1, 0.15) is 25.5 Å². The van der Waals surface area contributed by atoms with Crippen molar-refractivity contribution in [1.29, 1.82) is 0 Å². The number of rotatable bonds is 6. The Kier molecular flexibility index (Phi) is 5.03. The molecule has 0 atom stereocenters. The van der Waals surface area contributed by atoms with E-state index >= 15 is 0 Å². The average molecular weight is 292 g/mol. The quantitative estimate of drug-likeness (QED) is 0.790. The van der Waals surface area contributed by atoms with Crippen LogP contribution in [0, 0.1) is 18.6 Å². The van der Waals surface area contributed by atoms with E-state index in [0.717, 1.165) is 19.4 Å². The molecule has 112 valence electrons. The first-order valence-electron chi connectivity index (χ1n) is 6.90. The van der Waals surface area contributed by atoms with E-state index in [0.29, 0.717) is 11.5 Å². The van der Waals surface area contributed by atoms with E-state index in [-0.39, 0.29) is 11.6 Å². The Morgan fingerprint density at radius 3 is 2.52 bits per heavy atom. The third-order valence-electron chi connectivity index (χ3n) is 2.89. The Hall–Kier alpha value is -2.24. The lowest BCUT2D eigenvalue weighted by Crippen LogP contribution is -2.07. The summed E-state index contributed by atoms with van der Waals surface area (Å²) in [7, 11) is 0. The fourth-order valence-electron chi connectivity index (χ4n) is 1.84. The number of aryl methyl sites for hydroxylation is 1. The Bertz CT molecular complexity index is 596. The van der Waals surface area contributed by atoms with Crippen molar-refractivity contribution in [3.63, 3.8) is 0 Å². The fraction of sp³-hybridized carbons (Fsp3) is 0.333. The molecule has 0 spiro atoms. The minimum atomic E-state index is -0.680. The average Bonchev–Trinajstić information content (AvgIpc) is 2.43. The molecular formula is C15H18F2N4. The van der Waals surface area contributed by atoms with Crippen LogP contribution in [-0.2, 0) is 0 Å². The van der Waals surface area contributed by atoms with Crippen molar-refractivity contribution in [2.75, 3.05) is 17.2 Å². The van der Waals surface area contributed by atoms with E-state index in [4.69, 9.17) is 0 Å². The molecule has 0 aliphatic heterocycles. The highest BCUT2D eigenvalue weighted by molar-refractivity contribution is 5.56. The number of aromatic nitrogens is 2. The van der Waals surface area contributed by atoms with Crippen LogP contribution in [0.3, 0.4) is 0 Å². The number of hydrogen-bond donors (Lipinski definition) is 2. The third kappa shape index (κ3) is 4.11. The van der Waals surface area contributed by atoms with Crippen molar-refractivity contribution in [3.8, 4) is 0 Å². The van der Waals surface area contributed by atoms with Crippen LogP contribution in [0.15, 0.2) is 24.3 Å². The maximum atomic E-state index is 13.6. The van der Waals surface area contributed by atoms with Gasteiger partial charge in [-0.1, -0.05) is 19.4 Å². The van der Waals surface area contributed by atoms with Gasteiger partial charge in [-0.15, -0.1) is 0 Å². The van der Waals surface area contributed by atoms with Gasteiger partial charge in [0, 0.05) is 18.3 Å². The summed E-state index contributed by atoms with van der Waals surface area (Å²) >= 11 is 0. The molecule has 0 saturated carbocycles. The van der Waals surface area contributed by atoms with Gasteiger partial charge < -0.3 is 10.6 Å². The highest BCUT2D eigenvalue weighted by atomic mass is 19.1. The van der Waals surface area contributed by atoms with Crippen molar-refractivity contribution >= 4 is 17.5 Å². The lowest BCUT2D eigenvalue weighted by atomic mass is 10.3. The van der Waals surface area contributed by atoms with Crippen molar-refractivity contribution in [3.05, 3.63) is 41.6 Å². The molecule has 0 amide bonds. The molecule has 0 aliphatic rings. The summed E-state index contributed by atoms with van der Waals surface area (Å²) in [5.41, 5.74) is 0.464. The number of unbranched alkanes of at least 4 members (excludes halogenated alkanes) is 1. The van der Waals surface area contributed by atoms with Gasteiger partial charge in [0.1, 0.15) is 23.1 Å². The van der Waals surface area contributed by atoms with Gasteiger partial charge in [0.15, 0.2) is 0 Å². The number of benzene rings is 1. The first-order chi connectivity index (χ1) is 10.1. The standard InChI is InChI=1S/C15H18F2N4/c1-3-4-8-18-13-9-10(2)19-15(20-13)21-14-11(16)6-5-7-12(14)17/h5-7,9H,3-4,8H2,1-2H3,(H2,18,19,20,21). The molecule has 2 N–H and O–H groups in total. The minimum Gasteiger partial charge on any atom is -0.370 e. The molecule has 0 bridgehead atoms. The molecule has 2 aromatic rings. The number of nitrogens with one attached hydrogen (secondary N) is 2. The summed E-state index contributed by atoms with van der Waals surface area (Å²) in [6.45, 7) is 4.69. The molecule has 0 aliphatic carbocycles. The Balaban J connectivity index is 2.20. The van der Waals surface area contributed by atoms with Crippen molar-refractivity contribution in [1.82, 2.24) is 9.97 Å². The van der Waals surface area contributed by atoms with E-state index in [1.165, 1.54) is 18.2 Å². The molecule has 6 heteroatoms. The van der Waals surface area contributed by atoms with Crippen LogP contribution in [0.25, 0.3) is 0 Å². The molecule has 0 saturated heterocycles. The second-order valence-corrected chi connectivity index (χ2v) is 4.72.